The van der Waals surface area contributed by atoms with E-state index in [1.165, 1.54) is 0 Å². The molecule has 2 nitrogen and oxygen atoms in total. The average Bonchev–Trinajstić information content (AvgIpc) is 3.17. The number of nitrogens with one attached hydrogen (secondary N) is 1. The van der Waals surface area contributed by atoms with Gasteiger partial charge in [-0.25, -0.2) is 0 Å². The Morgan fingerprint density at radius 2 is 2.11 bits per heavy atom. The van der Waals surface area contributed by atoms with Crippen molar-refractivity contribution >= 4 is 40.9 Å². The van der Waals surface area contributed by atoms with Crippen molar-refractivity contribution in [2.45, 2.75) is 18.6 Å². The second kappa shape index (κ2) is 6.69. The first kappa shape index (κ1) is 14.0. The number of carbonyl (C=O) groups excluding carboxylic acids is 1. The lowest BCUT2D eigenvalue weighted by Crippen LogP contribution is -2.26. The third kappa shape index (κ3) is 4.38. The number of amides is 1. The van der Waals surface area contributed by atoms with Crippen LogP contribution in [0.5, 0.6) is 0 Å². The van der Waals surface area contributed by atoms with E-state index in [-0.39, 0.29) is 5.91 Å². The summed E-state index contributed by atoms with van der Waals surface area (Å²) in [6.45, 7) is 0.737. The highest BCUT2D eigenvalue weighted by Gasteiger charge is 2.28. The lowest BCUT2D eigenvalue weighted by Gasteiger charge is -2.05. The molecule has 0 atom stereocenters. The Morgan fingerprint density at radius 1 is 1.33 bits per heavy atom. The maximum absolute atomic E-state index is 11.4. The summed E-state index contributed by atoms with van der Waals surface area (Å²) in [5.74, 6) is 2.31. The van der Waals surface area contributed by atoms with Crippen molar-refractivity contribution < 1.29 is 4.79 Å². The number of thioether (sulfide) groups is 1. The second-order valence-electron chi connectivity index (χ2n) is 4.37. The van der Waals surface area contributed by atoms with E-state index in [4.69, 9.17) is 23.2 Å². The van der Waals surface area contributed by atoms with Crippen LogP contribution in [0.3, 0.4) is 0 Å². The minimum Gasteiger partial charge on any atom is -0.355 e. The zero-order chi connectivity index (χ0) is 13.0. The van der Waals surface area contributed by atoms with E-state index in [1.54, 1.807) is 11.8 Å². The topological polar surface area (TPSA) is 29.1 Å². The van der Waals surface area contributed by atoms with Gasteiger partial charge in [0.1, 0.15) is 0 Å². The van der Waals surface area contributed by atoms with E-state index in [1.807, 2.05) is 18.2 Å². The fraction of sp³-hybridized carbons (Fsp3) is 0.462. The van der Waals surface area contributed by atoms with Crippen LogP contribution in [-0.4, -0.2) is 18.2 Å². The van der Waals surface area contributed by atoms with Gasteiger partial charge in [0.05, 0.1) is 10.0 Å². The van der Waals surface area contributed by atoms with E-state index < -0.39 is 0 Å². The number of rotatable bonds is 6. The molecule has 98 valence electrons. The molecule has 1 aromatic carbocycles. The van der Waals surface area contributed by atoms with E-state index in [0.29, 0.717) is 16.0 Å². The van der Waals surface area contributed by atoms with Crippen LogP contribution >= 0.6 is 35.0 Å². The molecule has 0 unspecified atom stereocenters. The van der Waals surface area contributed by atoms with Gasteiger partial charge >= 0.3 is 0 Å². The van der Waals surface area contributed by atoms with Crippen LogP contribution in [0.2, 0.25) is 10.0 Å². The molecule has 0 aromatic heterocycles. The van der Waals surface area contributed by atoms with Crippen LogP contribution in [0.25, 0.3) is 0 Å². The Bertz CT molecular complexity index is 435. The molecule has 1 saturated carbocycles. The summed E-state index contributed by atoms with van der Waals surface area (Å²) in [7, 11) is 0. The molecule has 1 aliphatic rings. The number of halogens is 2. The lowest BCUT2D eigenvalue weighted by molar-refractivity contribution is -0.122. The summed E-state index contributed by atoms with van der Waals surface area (Å²) in [5.41, 5.74) is 1.16. The first-order chi connectivity index (χ1) is 8.66. The maximum atomic E-state index is 11.4. The molecule has 0 bridgehead atoms. The molecule has 0 aliphatic heterocycles. The zero-order valence-corrected chi connectivity index (χ0v) is 12.2. The van der Waals surface area contributed by atoms with Crippen LogP contribution in [0.15, 0.2) is 18.2 Å². The molecule has 18 heavy (non-hydrogen) atoms. The number of carbonyl (C=O) groups is 1. The first-order valence-corrected chi connectivity index (χ1v) is 7.87. The summed E-state index contributed by atoms with van der Waals surface area (Å²) in [6.07, 6.45) is 2.12. The van der Waals surface area contributed by atoms with Crippen molar-refractivity contribution in [3.05, 3.63) is 33.8 Å². The molecule has 0 saturated heterocycles. The monoisotopic (exact) mass is 303 g/mol. The second-order valence-corrected chi connectivity index (χ2v) is 6.29. The smallest absolute Gasteiger partial charge is 0.223 e. The summed E-state index contributed by atoms with van der Waals surface area (Å²) in [6, 6.07) is 5.68. The van der Waals surface area contributed by atoms with Gasteiger partial charge in [0, 0.05) is 24.0 Å². The average molecular weight is 304 g/mol. The van der Waals surface area contributed by atoms with Gasteiger partial charge in [-0.05, 0) is 30.5 Å². The molecule has 1 aliphatic carbocycles. The standard InChI is InChI=1S/C13H15Cl2NOS/c14-11-4-1-9(7-12(11)15)8-18-6-5-16-13(17)10-2-3-10/h1,4,7,10H,2-3,5-6,8H2,(H,16,17). The van der Waals surface area contributed by atoms with Gasteiger partial charge in [-0.2, -0.15) is 11.8 Å². The molecule has 0 radical (unpaired) electrons. The van der Waals surface area contributed by atoms with Crippen LogP contribution in [0, 0.1) is 5.92 Å². The van der Waals surface area contributed by atoms with Gasteiger partial charge < -0.3 is 5.32 Å². The summed E-state index contributed by atoms with van der Waals surface area (Å²) in [5, 5.41) is 4.12. The third-order valence-corrected chi connectivity index (χ3v) is 4.52. The van der Waals surface area contributed by atoms with E-state index in [0.717, 1.165) is 36.5 Å². The molecular weight excluding hydrogens is 289 g/mol. The van der Waals surface area contributed by atoms with Crippen LogP contribution < -0.4 is 5.32 Å². The Balaban J connectivity index is 1.62. The number of benzene rings is 1. The fourth-order valence-electron chi connectivity index (χ4n) is 1.56. The molecule has 1 N–H and O–H groups in total. The normalized spacial score (nSPS) is 14.6. The first-order valence-electron chi connectivity index (χ1n) is 5.96. The lowest BCUT2D eigenvalue weighted by atomic mass is 10.2. The van der Waals surface area contributed by atoms with E-state index in [2.05, 4.69) is 5.32 Å². The molecule has 1 amide bonds. The van der Waals surface area contributed by atoms with Gasteiger partial charge in [-0.3, -0.25) is 4.79 Å². The van der Waals surface area contributed by atoms with Crippen molar-refractivity contribution in [2.75, 3.05) is 12.3 Å². The minimum absolute atomic E-state index is 0.213. The summed E-state index contributed by atoms with van der Waals surface area (Å²) in [4.78, 5) is 11.4. The highest BCUT2D eigenvalue weighted by molar-refractivity contribution is 7.98. The molecule has 0 heterocycles. The molecular formula is C13H15Cl2NOS. The molecule has 0 spiro atoms. The molecule has 1 fully saturated rings. The molecule has 2 rings (SSSR count). The third-order valence-electron chi connectivity index (χ3n) is 2.75. The number of hydrogen-bond acceptors (Lipinski definition) is 2. The Labute approximate surface area is 121 Å². The van der Waals surface area contributed by atoms with Gasteiger partial charge in [0.25, 0.3) is 0 Å². The minimum atomic E-state index is 0.213. The van der Waals surface area contributed by atoms with Crippen molar-refractivity contribution in [3.63, 3.8) is 0 Å². The highest BCUT2D eigenvalue weighted by Crippen LogP contribution is 2.28. The van der Waals surface area contributed by atoms with Gasteiger partial charge in [-0.15, -0.1) is 0 Å². The maximum Gasteiger partial charge on any atom is 0.223 e. The predicted octanol–water partition coefficient (Wildman–Crippen LogP) is 3.75. The van der Waals surface area contributed by atoms with Crippen molar-refractivity contribution in [1.29, 1.82) is 0 Å². The highest BCUT2D eigenvalue weighted by atomic mass is 35.5. The van der Waals surface area contributed by atoms with Gasteiger partial charge in [0.2, 0.25) is 5.91 Å². The summed E-state index contributed by atoms with van der Waals surface area (Å²) >= 11 is 13.6. The molecule has 1 aromatic rings. The zero-order valence-electron chi connectivity index (χ0n) is 9.92. The fourth-order valence-corrected chi connectivity index (χ4v) is 2.68. The largest absolute Gasteiger partial charge is 0.355 e. The van der Waals surface area contributed by atoms with Crippen LogP contribution in [0.1, 0.15) is 18.4 Å². The summed E-state index contributed by atoms with van der Waals surface area (Å²) < 4.78 is 0. The van der Waals surface area contributed by atoms with Gasteiger partial charge in [0.15, 0.2) is 0 Å². The Morgan fingerprint density at radius 3 is 2.78 bits per heavy atom. The van der Waals surface area contributed by atoms with Crippen molar-refractivity contribution in [2.24, 2.45) is 5.92 Å². The van der Waals surface area contributed by atoms with Crippen molar-refractivity contribution in [3.8, 4) is 0 Å². The number of hydrogen-bond donors (Lipinski definition) is 1. The van der Waals surface area contributed by atoms with Crippen molar-refractivity contribution in [1.82, 2.24) is 5.32 Å². The Kier molecular flexibility index (Phi) is 5.22. The molecule has 5 heteroatoms. The SMILES string of the molecule is O=C(NCCSCc1ccc(Cl)c(Cl)c1)C1CC1. The van der Waals surface area contributed by atoms with E-state index >= 15 is 0 Å². The van der Waals surface area contributed by atoms with Gasteiger partial charge in [-0.1, -0.05) is 29.3 Å². The predicted molar refractivity (Wildman–Crippen MR) is 78.4 cm³/mol. The van der Waals surface area contributed by atoms with Crippen LogP contribution in [0.4, 0.5) is 0 Å². The van der Waals surface area contributed by atoms with Crippen LogP contribution in [-0.2, 0) is 10.5 Å². The quantitative estimate of drug-likeness (QED) is 0.811. The van der Waals surface area contributed by atoms with E-state index in [9.17, 15) is 4.79 Å². The Hall–Kier alpha value is -0.380.